The lowest BCUT2D eigenvalue weighted by Gasteiger charge is -2.07. The van der Waals surface area contributed by atoms with Crippen molar-refractivity contribution in [2.24, 2.45) is 0 Å². The molecule has 6 heteroatoms. The SMILES string of the molecule is CS(=O)(=O)c1ccc(NCc2ncccc2F)cc1. The van der Waals surface area contributed by atoms with Crippen molar-refractivity contribution >= 4 is 15.5 Å². The van der Waals surface area contributed by atoms with Crippen LogP contribution in [-0.2, 0) is 16.4 Å². The number of pyridine rings is 1. The molecule has 1 aromatic carbocycles. The maximum absolute atomic E-state index is 13.3. The van der Waals surface area contributed by atoms with Gasteiger partial charge in [-0.05, 0) is 36.4 Å². The predicted molar refractivity (Wildman–Crippen MR) is 71.1 cm³/mol. The number of sulfone groups is 1. The molecular weight excluding hydrogens is 267 g/mol. The molecule has 0 aliphatic heterocycles. The van der Waals surface area contributed by atoms with Gasteiger partial charge in [-0.3, -0.25) is 4.98 Å². The summed E-state index contributed by atoms with van der Waals surface area (Å²) < 4.78 is 35.9. The quantitative estimate of drug-likeness (QED) is 0.933. The monoisotopic (exact) mass is 280 g/mol. The van der Waals surface area contributed by atoms with Gasteiger partial charge in [-0.2, -0.15) is 0 Å². The zero-order valence-corrected chi connectivity index (χ0v) is 11.1. The molecular formula is C13H13FN2O2S. The Morgan fingerprint density at radius 2 is 1.89 bits per heavy atom. The van der Waals surface area contributed by atoms with E-state index < -0.39 is 9.84 Å². The van der Waals surface area contributed by atoms with Gasteiger partial charge >= 0.3 is 0 Å². The molecule has 2 rings (SSSR count). The van der Waals surface area contributed by atoms with E-state index in [9.17, 15) is 12.8 Å². The minimum absolute atomic E-state index is 0.241. The van der Waals surface area contributed by atoms with E-state index >= 15 is 0 Å². The summed E-state index contributed by atoms with van der Waals surface area (Å²) >= 11 is 0. The van der Waals surface area contributed by atoms with Gasteiger partial charge in [-0.25, -0.2) is 12.8 Å². The summed E-state index contributed by atoms with van der Waals surface area (Å²) in [5.41, 5.74) is 1.02. The second kappa shape index (κ2) is 5.36. The van der Waals surface area contributed by atoms with Crippen LogP contribution in [0.2, 0.25) is 0 Å². The molecule has 0 aliphatic carbocycles. The zero-order valence-electron chi connectivity index (χ0n) is 10.3. The molecule has 0 fully saturated rings. The second-order valence-electron chi connectivity index (χ2n) is 4.08. The summed E-state index contributed by atoms with van der Waals surface area (Å²) in [7, 11) is -3.19. The fraction of sp³-hybridized carbons (Fsp3) is 0.154. The summed E-state index contributed by atoms with van der Waals surface area (Å²) in [6.45, 7) is 0.241. The van der Waals surface area contributed by atoms with Crippen molar-refractivity contribution in [1.82, 2.24) is 4.98 Å². The lowest BCUT2D eigenvalue weighted by molar-refractivity contribution is 0.602. The number of aromatic nitrogens is 1. The van der Waals surface area contributed by atoms with Crippen LogP contribution in [0.3, 0.4) is 0 Å². The van der Waals surface area contributed by atoms with Crippen LogP contribution in [0.5, 0.6) is 0 Å². The van der Waals surface area contributed by atoms with Crippen LogP contribution in [0.4, 0.5) is 10.1 Å². The molecule has 0 aliphatic rings. The standard InChI is InChI=1S/C13H13FN2O2S/c1-19(17,18)11-6-4-10(5-7-11)16-9-13-12(14)3-2-8-15-13/h2-8,16H,9H2,1H3. The summed E-state index contributed by atoms with van der Waals surface area (Å²) in [5.74, 6) is -0.372. The first-order valence-electron chi connectivity index (χ1n) is 5.60. The van der Waals surface area contributed by atoms with Crippen LogP contribution >= 0.6 is 0 Å². The molecule has 100 valence electrons. The number of nitrogens with one attached hydrogen (secondary N) is 1. The van der Waals surface area contributed by atoms with Crippen molar-refractivity contribution in [1.29, 1.82) is 0 Å². The lowest BCUT2D eigenvalue weighted by atomic mass is 10.3. The first-order chi connectivity index (χ1) is 8.97. The van der Waals surface area contributed by atoms with Gasteiger partial charge in [0.25, 0.3) is 0 Å². The Hall–Kier alpha value is -1.95. The first kappa shape index (κ1) is 13.5. The molecule has 1 aromatic heterocycles. The minimum atomic E-state index is -3.19. The molecule has 0 saturated heterocycles. The topological polar surface area (TPSA) is 59.1 Å². The lowest BCUT2D eigenvalue weighted by Crippen LogP contribution is -2.04. The average Bonchev–Trinajstić information content (AvgIpc) is 2.37. The highest BCUT2D eigenvalue weighted by Gasteiger charge is 2.06. The van der Waals surface area contributed by atoms with Crippen molar-refractivity contribution < 1.29 is 12.8 Å². The van der Waals surface area contributed by atoms with Crippen molar-refractivity contribution in [3.8, 4) is 0 Å². The fourth-order valence-corrected chi connectivity index (χ4v) is 2.18. The summed E-state index contributed by atoms with van der Waals surface area (Å²) in [5, 5.41) is 2.98. The Labute approximate surface area is 111 Å². The molecule has 19 heavy (non-hydrogen) atoms. The summed E-state index contributed by atoms with van der Waals surface area (Å²) in [6, 6.07) is 9.16. The van der Waals surface area contributed by atoms with Gasteiger partial charge in [0.1, 0.15) is 5.82 Å². The fourth-order valence-electron chi connectivity index (χ4n) is 1.55. The van der Waals surface area contributed by atoms with Crippen molar-refractivity contribution in [2.75, 3.05) is 11.6 Å². The second-order valence-corrected chi connectivity index (χ2v) is 6.10. The normalized spacial score (nSPS) is 11.3. The molecule has 0 atom stereocenters. The van der Waals surface area contributed by atoms with Gasteiger partial charge in [0.2, 0.25) is 0 Å². The van der Waals surface area contributed by atoms with E-state index in [0.717, 1.165) is 6.26 Å². The average molecular weight is 280 g/mol. The number of halogens is 1. The van der Waals surface area contributed by atoms with E-state index in [1.54, 1.807) is 12.1 Å². The van der Waals surface area contributed by atoms with Crippen molar-refractivity contribution in [3.63, 3.8) is 0 Å². The number of nitrogens with zero attached hydrogens (tertiary/aromatic N) is 1. The molecule has 0 spiro atoms. The van der Waals surface area contributed by atoms with Gasteiger partial charge in [0.05, 0.1) is 17.1 Å². The van der Waals surface area contributed by atoms with E-state index in [0.29, 0.717) is 11.4 Å². The molecule has 0 radical (unpaired) electrons. The van der Waals surface area contributed by atoms with E-state index in [2.05, 4.69) is 10.3 Å². The zero-order chi connectivity index (χ0) is 13.9. The molecule has 0 bridgehead atoms. The summed E-state index contributed by atoms with van der Waals surface area (Å²) in [6.07, 6.45) is 2.67. The molecule has 1 heterocycles. The Bertz CT molecular complexity index is 669. The minimum Gasteiger partial charge on any atom is -0.379 e. The van der Waals surface area contributed by atoms with Gasteiger partial charge < -0.3 is 5.32 Å². The van der Waals surface area contributed by atoms with Crippen LogP contribution in [0.1, 0.15) is 5.69 Å². The van der Waals surface area contributed by atoms with E-state index in [-0.39, 0.29) is 17.3 Å². The van der Waals surface area contributed by atoms with Crippen molar-refractivity contribution in [3.05, 3.63) is 54.1 Å². The number of benzene rings is 1. The van der Waals surface area contributed by atoms with E-state index in [4.69, 9.17) is 0 Å². The predicted octanol–water partition coefficient (Wildman–Crippen LogP) is 2.24. The molecule has 0 amide bonds. The summed E-state index contributed by atoms with van der Waals surface area (Å²) in [4.78, 5) is 4.17. The van der Waals surface area contributed by atoms with Crippen LogP contribution in [-0.4, -0.2) is 19.7 Å². The third kappa shape index (κ3) is 3.51. The Kier molecular flexibility index (Phi) is 3.80. The maximum Gasteiger partial charge on any atom is 0.175 e. The number of hydrogen-bond donors (Lipinski definition) is 1. The Morgan fingerprint density at radius 1 is 1.21 bits per heavy atom. The molecule has 2 aromatic rings. The van der Waals surface area contributed by atoms with Gasteiger partial charge in [-0.15, -0.1) is 0 Å². The molecule has 4 nitrogen and oxygen atoms in total. The number of hydrogen-bond acceptors (Lipinski definition) is 4. The smallest absolute Gasteiger partial charge is 0.175 e. The third-order valence-electron chi connectivity index (χ3n) is 2.58. The Balaban J connectivity index is 2.07. The maximum atomic E-state index is 13.3. The first-order valence-corrected chi connectivity index (χ1v) is 7.49. The Morgan fingerprint density at radius 3 is 2.47 bits per heavy atom. The molecule has 0 unspecified atom stereocenters. The number of rotatable bonds is 4. The number of anilines is 1. The highest BCUT2D eigenvalue weighted by Crippen LogP contribution is 2.15. The van der Waals surface area contributed by atoms with E-state index in [1.165, 1.54) is 30.5 Å². The molecule has 0 saturated carbocycles. The van der Waals surface area contributed by atoms with Crippen molar-refractivity contribution in [2.45, 2.75) is 11.4 Å². The van der Waals surface area contributed by atoms with Crippen LogP contribution in [0.25, 0.3) is 0 Å². The largest absolute Gasteiger partial charge is 0.379 e. The van der Waals surface area contributed by atoms with Gasteiger partial charge in [0, 0.05) is 18.1 Å². The van der Waals surface area contributed by atoms with Crippen LogP contribution in [0, 0.1) is 5.82 Å². The van der Waals surface area contributed by atoms with Gasteiger partial charge in [-0.1, -0.05) is 0 Å². The van der Waals surface area contributed by atoms with E-state index in [1.807, 2.05) is 0 Å². The van der Waals surface area contributed by atoms with Crippen LogP contribution < -0.4 is 5.32 Å². The third-order valence-corrected chi connectivity index (χ3v) is 3.71. The highest BCUT2D eigenvalue weighted by molar-refractivity contribution is 7.90. The van der Waals surface area contributed by atoms with Crippen LogP contribution in [0.15, 0.2) is 47.5 Å². The highest BCUT2D eigenvalue weighted by atomic mass is 32.2. The van der Waals surface area contributed by atoms with Gasteiger partial charge in [0.15, 0.2) is 9.84 Å². The molecule has 1 N–H and O–H groups in total.